The van der Waals surface area contributed by atoms with E-state index < -0.39 is 0 Å². The van der Waals surface area contributed by atoms with E-state index in [0.29, 0.717) is 0 Å². The normalized spacial score (nSPS) is 12.8. The van der Waals surface area contributed by atoms with E-state index >= 15 is 0 Å². The zero-order valence-corrected chi connectivity index (χ0v) is 9.81. The SMILES string of the molecule is CCCCSc1cccc(C(C)N)c1. The zero-order valence-electron chi connectivity index (χ0n) is 8.99. The number of unbranched alkanes of at least 4 members (excludes halogenated alkanes) is 1. The lowest BCUT2D eigenvalue weighted by atomic mass is 10.1. The van der Waals surface area contributed by atoms with E-state index in [0.717, 1.165) is 0 Å². The van der Waals surface area contributed by atoms with Gasteiger partial charge in [0.2, 0.25) is 0 Å². The van der Waals surface area contributed by atoms with Crippen molar-refractivity contribution in [2.24, 2.45) is 5.73 Å². The summed E-state index contributed by atoms with van der Waals surface area (Å²) in [6, 6.07) is 8.68. The second-order valence-electron chi connectivity index (χ2n) is 3.56. The summed E-state index contributed by atoms with van der Waals surface area (Å²) in [5.41, 5.74) is 7.06. The highest BCUT2D eigenvalue weighted by molar-refractivity contribution is 7.99. The molecule has 0 aromatic heterocycles. The molecular formula is C12H19NS. The maximum Gasteiger partial charge on any atom is 0.0266 e. The van der Waals surface area contributed by atoms with Crippen molar-refractivity contribution in [1.29, 1.82) is 0 Å². The fraction of sp³-hybridized carbons (Fsp3) is 0.500. The fourth-order valence-electron chi connectivity index (χ4n) is 1.22. The molecule has 1 atom stereocenters. The number of hydrogen-bond donors (Lipinski definition) is 1. The lowest BCUT2D eigenvalue weighted by Gasteiger charge is -2.07. The van der Waals surface area contributed by atoms with Crippen LogP contribution in [0.4, 0.5) is 0 Å². The maximum absolute atomic E-state index is 5.83. The lowest BCUT2D eigenvalue weighted by Crippen LogP contribution is -2.04. The van der Waals surface area contributed by atoms with E-state index in [1.54, 1.807) is 0 Å². The Morgan fingerprint density at radius 3 is 2.86 bits per heavy atom. The fourth-order valence-corrected chi connectivity index (χ4v) is 2.28. The molecule has 78 valence electrons. The van der Waals surface area contributed by atoms with Gasteiger partial charge in [0.05, 0.1) is 0 Å². The predicted molar refractivity (Wildman–Crippen MR) is 64.7 cm³/mol. The van der Waals surface area contributed by atoms with Gasteiger partial charge in [0.1, 0.15) is 0 Å². The first-order valence-electron chi connectivity index (χ1n) is 5.22. The monoisotopic (exact) mass is 209 g/mol. The molecule has 2 N–H and O–H groups in total. The molecule has 14 heavy (non-hydrogen) atoms. The quantitative estimate of drug-likeness (QED) is 0.592. The van der Waals surface area contributed by atoms with E-state index in [1.807, 2.05) is 18.7 Å². The molecule has 1 nitrogen and oxygen atoms in total. The molecule has 0 saturated carbocycles. The van der Waals surface area contributed by atoms with E-state index in [-0.39, 0.29) is 6.04 Å². The Balaban J connectivity index is 2.55. The molecule has 0 radical (unpaired) electrons. The molecule has 0 aliphatic rings. The van der Waals surface area contributed by atoms with Crippen LogP contribution in [0.1, 0.15) is 38.3 Å². The average Bonchev–Trinajstić information content (AvgIpc) is 2.19. The van der Waals surface area contributed by atoms with Crippen molar-refractivity contribution < 1.29 is 0 Å². The summed E-state index contributed by atoms with van der Waals surface area (Å²) in [5.74, 6) is 1.21. The van der Waals surface area contributed by atoms with Crippen LogP contribution in [0.2, 0.25) is 0 Å². The van der Waals surface area contributed by atoms with E-state index in [2.05, 4.69) is 31.2 Å². The summed E-state index contributed by atoms with van der Waals surface area (Å²) >= 11 is 1.92. The van der Waals surface area contributed by atoms with Crippen molar-refractivity contribution in [1.82, 2.24) is 0 Å². The van der Waals surface area contributed by atoms with Crippen molar-refractivity contribution in [3.63, 3.8) is 0 Å². The van der Waals surface area contributed by atoms with Crippen molar-refractivity contribution in [3.05, 3.63) is 29.8 Å². The van der Waals surface area contributed by atoms with Gasteiger partial charge in [0, 0.05) is 10.9 Å². The number of thioether (sulfide) groups is 1. The Bertz CT molecular complexity index is 271. The molecule has 0 fully saturated rings. The topological polar surface area (TPSA) is 26.0 Å². The highest BCUT2D eigenvalue weighted by atomic mass is 32.2. The van der Waals surface area contributed by atoms with Crippen LogP contribution >= 0.6 is 11.8 Å². The van der Waals surface area contributed by atoms with Gasteiger partial charge in [0.15, 0.2) is 0 Å². The van der Waals surface area contributed by atoms with Gasteiger partial charge in [-0.15, -0.1) is 11.8 Å². The number of rotatable bonds is 5. The molecule has 1 unspecified atom stereocenters. The summed E-state index contributed by atoms with van der Waals surface area (Å²) in [5, 5.41) is 0. The standard InChI is InChI=1S/C12H19NS/c1-3-4-8-14-12-7-5-6-11(9-12)10(2)13/h5-7,9-10H,3-4,8,13H2,1-2H3. The molecular weight excluding hydrogens is 190 g/mol. The third-order valence-corrected chi connectivity index (χ3v) is 3.23. The molecule has 0 aliphatic heterocycles. The van der Waals surface area contributed by atoms with Gasteiger partial charge in [-0.2, -0.15) is 0 Å². The first kappa shape index (κ1) is 11.6. The molecule has 0 aliphatic carbocycles. The summed E-state index contributed by atoms with van der Waals surface area (Å²) in [4.78, 5) is 1.34. The molecule has 0 spiro atoms. The molecule has 2 heteroatoms. The zero-order chi connectivity index (χ0) is 10.4. The van der Waals surface area contributed by atoms with Gasteiger partial charge in [0.25, 0.3) is 0 Å². The lowest BCUT2D eigenvalue weighted by molar-refractivity contribution is 0.814. The Kier molecular flexibility index (Phi) is 5.05. The highest BCUT2D eigenvalue weighted by Gasteiger charge is 2.00. The van der Waals surface area contributed by atoms with Crippen LogP contribution in [0.3, 0.4) is 0 Å². The number of benzene rings is 1. The van der Waals surface area contributed by atoms with Crippen LogP contribution in [-0.2, 0) is 0 Å². The molecule has 1 aromatic rings. The van der Waals surface area contributed by atoms with Gasteiger partial charge in [-0.05, 0) is 36.8 Å². The number of nitrogens with two attached hydrogens (primary N) is 1. The summed E-state index contributed by atoms with van der Waals surface area (Å²) in [7, 11) is 0. The van der Waals surface area contributed by atoms with Crippen molar-refractivity contribution >= 4 is 11.8 Å². The van der Waals surface area contributed by atoms with Crippen LogP contribution < -0.4 is 5.73 Å². The minimum atomic E-state index is 0.140. The molecule has 1 aromatic carbocycles. The molecule has 0 heterocycles. The first-order valence-corrected chi connectivity index (χ1v) is 6.21. The van der Waals surface area contributed by atoms with Gasteiger partial charge in [-0.3, -0.25) is 0 Å². The Hall–Kier alpha value is -0.470. The largest absolute Gasteiger partial charge is 0.324 e. The second kappa shape index (κ2) is 6.10. The van der Waals surface area contributed by atoms with Gasteiger partial charge in [-0.25, -0.2) is 0 Å². The summed E-state index contributed by atoms with van der Waals surface area (Å²) in [6.07, 6.45) is 2.55. The molecule has 0 bridgehead atoms. The van der Waals surface area contributed by atoms with Crippen LogP contribution in [-0.4, -0.2) is 5.75 Å². The maximum atomic E-state index is 5.83. The van der Waals surface area contributed by atoms with Gasteiger partial charge in [-0.1, -0.05) is 25.5 Å². The molecule has 0 saturated heterocycles. The Morgan fingerprint density at radius 2 is 2.21 bits per heavy atom. The van der Waals surface area contributed by atoms with Crippen molar-refractivity contribution in [2.75, 3.05) is 5.75 Å². The molecule has 1 rings (SSSR count). The minimum absolute atomic E-state index is 0.140. The smallest absolute Gasteiger partial charge is 0.0266 e. The number of hydrogen-bond acceptors (Lipinski definition) is 2. The van der Waals surface area contributed by atoms with Crippen LogP contribution in [0.25, 0.3) is 0 Å². The second-order valence-corrected chi connectivity index (χ2v) is 4.73. The minimum Gasteiger partial charge on any atom is -0.324 e. The van der Waals surface area contributed by atoms with E-state index in [1.165, 1.54) is 29.1 Å². The summed E-state index contributed by atoms with van der Waals surface area (Å²) in [6.45, 7) is 4.24. The van der Waals surface area contributed by atoms with Crippen LogP contribution in [0.5, 0.6) is 0 Å². The van der Waals surface area contributed by atoms with Crippen molar-refractivity contribution in [2.45, 2.75) is 37.6 Å². The third-order valence-electron chi connectivity index (χ3n) is 2.15. The Morgan fingerprint density at radius 1 is 1.43 bits per heavy atom. The highest BCUT2D eigenvalue weighted by Crippen LogP contribution is 2.22. The first-order chi connectivity index (χ1) is 6.74. The van der Waals surface area contributed by atoms with Gasteiger partial charge < -0.3 is 5.73 Å². The van der Waals surface area contributed by atoms with E-state index in [4.69, 9.17) is 5.73 Å². The van der Waals surface area contributed by atoms with Crippen LogP contribution in [0.15, 0.2) is 29.2 Å². The third kappa shape index (κ3) is 3.72. The summed E-state index contributed by atoms with van der Waals surface area (Å²) < 4.78 is 0. The predicted octanol–water partition coefficient (Wildman–Crippen LogP) is 3.60. The van der Waals surface area contributed by atoms with Gasteiger partial charge >= 0.3 is 0 Å². The van der Waals surface area contributed by atoms with Crippen molar-refractivity contribution in [3.8, 4) is 0 Å². The Labute approximate surface area is 91.1 Å². The average molecular weight is 209 g/mol. The van der Waals surface area contributed by atoms with E-state index in [9.17, 15) is 0 Å². The van der Waals surface area contributed by atoms with Crippen LogP contribution in [0, 0.1) is 0 Å². The molecule has 0 amide bonds.